The second-order valence-electron chi connectivity index (χ2n) is 3.52. The van der Waals surface area contributed by atoms with Crippen molar-refractivity contribution in [3.05, 3.63) is 0 Å². The lowest BCUT2D eigenvalue weighted by Crippen LogP contribution is -2.40. The highest BCUT2D eigenvalue weighted by atomic mass is 16.5. The standard InChI is InChI=1S/C10H20N2O3/c1-14-7-3-11-9-10(13)12-4-2-6-15-8-5-12/h11H,2-9H2,1H3. The Morgan fingerprint density at radius 2 is 2.33 bits per heavy atom. The number of amides is 1. The predicted octanol–water partition coefficient (Wildman–Crippen LogP) is -0.529. The van der Waals surface area contributed by atoms with Crippen LogP contribution in [0.25, 0.3) is 0 Å². The van der Waals surface area contributed by atoms with E-state index < -0.39 is 0 Å². The smallest absolute Gasteiger partial charge is 0.236 e. The molecule has 0 aliphatic carbocycles. The number of carbonyl (C=O) groups is 1. The summed E-state index contributed by atoms with van der Waals surface area (Å²) in [4.78, 5) is 13.5. The zero-order chi connectivity index (χ0) is 10.9. The molecule has 1 rings (SSSR count). The van der Waals surface area contributed by atoms with Gasteiger partial charge in [0, 0.05) is 33.4 Å². The molecule has 0 aromatic carbocycles. The van der Waals surface area contributed by atoms with E-state index in [1.165, 1.54) is 0 Å². The first kappa shape index (κ1) is 12.4. The van der Waals surface area contributed by atoms with Gasteiger partial charge in [0.25, 0.3) is 0 Å². The number of ether oxygens (including phenoxy) is 2. The molecule has 1 saturated heterocycles. The largest absolute Gasteiger partial charge is 0.383 e. The fourth-order valence-electron chi connectivity index (χ4n) is 1.48. The quantitative estimate of drug-likeness (QED) is 0.628. The van der Waals surface area contributed by atoms with Crippen molar-refractivity contribution in [1.82, 2.24) is 10.2 Å². The summed E-state index contributed by atoms with van der Waals surface area (Å²) >= 11 is 0. The van der Waals surface area contributed by atoms with Crippen LogP contribution in [0.1, 0.15) is 6.42 Å². The van der Waals surface area contributed by atoms with Gasteiger partial charge >= 0.3 is 0 Å². The van der Waals surface area contributed by atoms with Crippen molar-refractivity contribution in [2.45, 2.75) is 6.42 Å². The van der Waals surface area contributed by atoms with Crippen molar-refractivity contribution in [2.24, 2.45) is 0 Å². The topological polar surface area (TPSA) is 50.8 Å². The van der Waals surface area contributed by atoms with Gasteiger partial charge < -0.3 is 19.7 Å². The van der Waals surface area contributed by atoms with Crippen LogP contribution >= 0.6 is 0 Å². The molecule has 5 nitrogen and oxygen atoms in total. The molecule has 0 spiro atoms. The second-order valence-corrected chi connectivity index (χ2v) is 3.52. The normalized spacial score (nSPS) is 17.5. The molecule has 0 unspecified atom stereocenters. The molecule has 0 atom stereocenters. The van der Waals surface area contributed by atoms with Crippen LogP contribution in [0, 0.1) is 0 Å². The van der Waals surface area contributed by atoms with Crippen molar-refractivity contribution in [3.63, 3.8) is 0 Å². The van der Waals surface area contributed by atoms with Gasteiger partial charge in [0.2, 0.25) is 5.91 Å². The summed E-state index contributed by atoms with van der Waals surface area (Å²) in [5.41, 5.74) is 0. The third-order valence-electron chi connectivity index (χ3n) is 2.33. The molecule has 0 aromatic heterocycles. The van der Waals surface area contributed by atoms with E-state index in [0.29, 0.717) is 32.8 Å². The minimum absolute atomic E-state index is 0.150. The fraction of sp³-hybridized carbons (Fsp3) is 0.900. The van der Waals surface area contributed by atoms with Crippen LogP contribution in [-0.2, 0) is 14.3 Å². The molecule has 0 bridgehead atoms. The van der Waals surface area contributed by atoms with E-state index >= 15 is 0 Å². The summed E-state index contributed by atoms with van der Waals surface area (Å²) < 4.78 is 10.2. The zero-order valence-electron chi connectivity index (χ0n) is 9.33. The van der Waals surface area contributed by atoms with Gasteiger partial charge in [0.1, 0.15) is 0 Å². The first-order valence-corrected chi connectivity index (χ1v) is 5.40. The molecule has 0 saturated carbocycles. The first-order valence-electron chi connectivity index (χ1n) is 5.40. The maximum atomic E-state index is 11.7. The minimum Gasteiger partial charge on any atom is -0.383 e. The Morgan fingerprint density at radius 3 is 3.13 bits per heavy atom. The van der Waals surface area contributed by atoms with Crippen LogP contribution < -0.4 is 5.32 Å². The van der Waals surface area contributed by atoms with Crippen molar-refractivity contribution >= 4 is 5.91 Å². The van der Waals surface area contributed by atoms with Crippen LogP contribution in [0.4, 0.5) is 0 Å². The van der Waals surface area contributed by atoms with Crippen LogP contribution in [0.5, 0.6) is 0 Å². The van der Waals surface area contributed by atoms with E-state index in [-0.39, 0.29) is 5.91 Å². The molecule has 1 fully saturated rings. The number of rotatable bonds is 5. The van der Waals surface area contributed by atoms with E-state index in [1.54, 1.807) is 7.11 Å². The molecule has 88 valence electrons. The van der Waals surface area contributed by atoms with Crippen LogP contribution in [0.15, 0.2) is 0 Å². The number of nitrogens with zero attached hydrogens (tertiary/aromatic N) is 1. The van der Waals surface area contributed by atoms with Gasteiger partial charge in [0.05, 0.1) is 19.8 Å². The molecule has 1 aliphatic rings. The summed E-state index contributed by atoms with van der Waals surface area (Å²) in [6.45, 7) is 4.69. The summed E-state index contributed by atoms with van der Waals surface area (Å²) in [7, 11) is 1.65. The van der Waals surface area contributed by atoms with Gasteiger partial charge in [-0.1, -0.05) is 0 Å². The summed E-state index contributed by atoms with van der Waals surface area (Å²) in [6, 6.07) is 0. The maximum absolute atomic E-state index is 11.7. The molecule has 1 N–H and O–H groups in total. The molecular formula is C10H20N2O3. The van der Waals surface area contributed by atoms with Gasteiger partial charge in [0.15, 0.2) is 0 Å². The minimum atomic E-state index is 0.150. The molecule has 0 radical (unpaired) electrons. The Bertz CT molecular complexity index is 180. The Balaban J connectivity index is 2.14. The summed E-state index contributed by atoms with van der Waals surface area (Å²) in [5, 5.41) is 3.05. The molecule has 5 heteroatoms. The van der Waals surface area contributed by atoms with Crippen molar-refractivity contribution in [3.8, 4) is 0 Å². The average Bonchev–Trinajstić information content (AvgIpc) is 2.52. The predicted molar refractivity (Wildman–Crippen MR) is 56.8 cm³/mol. The number of methoxy groups -OCH3 is 1. The first-order chi connectivity index (χ1) is 7.34. The van der Waals surface area contributed by atoms with E-state index in [1.807, 2.05) is 4.90 Å². The van der Waals surface area contributed by atoms with Gasteiger partial charge in [-0.15, -0.1) is 0 Å². The maximum Gasteiger partial charge on any atom is 0.236 e. The van der Waals surface area contributed by atoms with Gasteiger partial charge in [-0.05, 0) is 6.42 Å². The van der Waals surface area contributed by atoms with Crippen molar-refractivity contribution in [1.29, 1.82) is 0 Å². The number of carbonyl (C=O) groups excluding carboxylic acids is 1. The van der Waals surface area contributed by atoms with E-state index in [2.05, 4.69) is 5.32 Å². The SMILES string of the molecule is COCCNCC(=O)N1CCCOCC1. The Morgan fingerprint density at radius 1 is 1.47 bits per heavy atom. The van der Waals surface area contributed by atoms with Crippen LogP contribution in [0.2, 0.25) is 0 Å². The second kappa shape index (κ2) is 7.62. The average molecular weight is 216 g/mol. The van der Waals surface area contributed by atoms with Gasteiger partial charge in [-0.3, -0.25) is 4.79 Å². The molecule has 15 heavy (non-hydrogen) atoms. The fourth-order valence-corrected chi connectivity index (χ4v) is 1.48. The Hall–Kier alpha value is -0.650. The van der Waals surface area contributed by atoms with Crippen LogP contribution in [-0.4, -0.2) is 63.9 Å². The molecular weight excluding hydrogens is 196 g/mol. The zero-order valence-corrected chi connectivity index (χ0v) is 9.33. The van der Waals surface area contributed by atoms with E-state index in [4.69, 9.17) is 9.47 Å². The van der Waals surface area contributed by atoms with Gasteiger partial charge in [-0.25, -0.2) is 0 Å². The van der Waals surface area contributed by atoms with Gasteiger partial charge in [-0.2, -0.15) is 0 Å². The number of hydrogen-bond acceptors (Lipinski definition) is 4. The summed E-state index contributed by atoms with van der Waals surface area (Å²) in [6.07, 6.45) is 0.934. The highest BCUT2D eigenvalue weighted by Gasteiger charge is 2.14. The van der Waals surface area contributed by atoms with Crippen molar-refractivity contribution in [2.75, 3.05) is 53.1 Å². The van der Waals surface area contributed by atoms with E-state index in [0.717, 1.165) is 19.6 Å². The molecule has 1 aliphatic heterocycles. The van der Waals surface area contributed by atoms with E-state index in [9.17, 15) is 4.79 Å². The highest BCUT2D eigenvalue weighted by Crippen LogP contribution is 1.98. The monoisotopic (exact) mass is 216 g/mol. The molecule has 1 heterocycles. The lowest BCUT2D eigenvalue weighted by Gasteiger charge is -2.19. The Labute approximate surface area is 90.7 Å². The third kappa shape index (κ3) is 5.11. The molecule has 1 amide bonds. The highest BCUT2D eigenvalue weighted by molar-refractivity contribution is 5.78. The third-order valence-corrected chi connectivity index (χ3v) is 2.33. The summed E-state index contributed by atoms with van der Waals surface area (Å²) in [5.74, 6) is 0.150. The lowest BCUT2D eigenvalue weighted by molar-refractivity contribution is -0.130. The van der Waals surface area contributed by atoms with Crippen molar-refractivity contribution < 1.29 is 14.3 Å². The number of nitrogens with one attached hydrogen (secondary N) is 1. The Kier molecular flexibility index (Phi) is 6.31. The van der Waals surface area contributed by atoms with Crippen LogP contribution in [0.3, 0.4) is 0 Å². The number of hydrogen-bond donors (Lipinski definition) is 1. The molecule has 0 aromatic rings. The lowest BCUT2D eigenvalue weighted by atomic mass is 10.4.